The molecule has 0 bridgehead atoms. The Hall–Kier alpha value is -1.68. The monoisotopic (exact) mass is 372 g/mol. The number of anilines is 2. The van der Waals surface area contributed by atoms with Crippen molar-refractivity contribution in [3.05, 3.63) is 28.0 Å². The van der Waals surface area contributed by atoms with Crippen LogP contribution in [0.15, 0.2) is 12.1 Å². The van der Waals surface area contributed by atoms with Crippen LogP contribution >= 0.6 is 46.1 Å². The highest BCUT2D eigenvalue weighted by molar-refractivity contribution is 7.22. The van der Waals surface area contributed by atoms with E-state index in [0.717, 1.165) is 10.6 Å². The highest BCUT2D eigenvalue weighted by atomic mass is 35.5. The minimum absolute atomic E-state index is 0.200. The second kappa shape index (κ2) is 6.21. The van der Waals surface area contributed by atoms with Crippen LogP contribution in [0.3, 0.4) is 0 Å². The van der Waals surface area contributed by atoms with Crippen molar-refractivity contribution in [3.8, 4) is 9.88 Å². The van der Waals surface area contributed by atoms with Gasteiger partial charge in [-0.3, -0.25) is 4.79 Å². The van der Waals surface area contributed by atoms with Gasteiger partial charge >= 0.3 is 0 Å². The van der Waals surface area contributed by atoms with E-state index in [2.05, 4.69) is 24.8 Å². The molecule has 0 spiro atoms. The number of carbonyl (C=O) groups excluding carboxylic acids is 1. The predicted molar refractivity (Wildman–Crippen MR) is 86.0 cm³/mol. The van der Waals surface area contributed by atoms with Gasteiger partial charge in [0.2, 0.25) is 11.5 Å². The predicted octanol–water partition coefficient (Wildman–Crippen LogP) is 3.36. The molecule has 3 rings (SSSR count). The van der Waals surface area contributed by atoms with E-state index in [1.165, 1.54) is 33.8 Å². The maximum absolute atomic E-state index is 11.4. The zero-order chi connectivity index (χ0) is 15.7. The lowest BCUT2D eigenvalue weighted by Crippen LogP contribution is -2.15. The number of amides is 1. The minimum Gasteiger partial charge on any atom is -0.278 e. The van der Waals surface area contributed by atoms with Gasteiger partial charge in [-0.25, -0.2) is 9.88 Å². The molecule has 7 nitrogen and oxygen atoms in total. The van der Waals surface area contributed by atoms with Crippen LogP contribution in [-0.2, 0) is 4.79 Å². The summed E-state index contributed by atoms with van der Waals surface area (Å²) in [4.78, 5) is 17.5. The first kappa shape index (κ1) is 15.2. The topological polar surface area (TPSA) is 84.8 Å². The quantitative estimate of drug-likeness (QED) is 0.515. The average Bonchev–Trinajstić information content (AvgIpc) is 3.12. The number of aryl methyl sites for hydroxylation is 1. The normalized spacial score (nSPS) is 10.7. The van der Waals surface area contributed by atoms with Gasteiger partial charge in [0.1, 0.15) is 10.0 Å². The van der Waals surface area contributed by atoms with E-state index < -0.39 is 0 Å². The van der Waals surface area contributed by atoms with Crippen LogP contribution in [0, 0.1) is 6.92 Å². The molecule has 0 aliphatic heterocycles. The molecule has 1 amide bonds. The van der Waals surface area contributed by atoms with E-state index in [1.807, 2.05) is 6.92 Å². The molecule has 0 N–H and O–H groups in total. The molecule has 3 aromatic heterocycles. The van der Waals surface area contributed by atoms with Crippen LogP contribution in [0.4, 0.5) is 10.9 Å². The molecule has 22 heavy (non-hydrogen) atoms. The number of pyridine rings is 1. The van der Waals surface area contributed by atoms with Gasteiger partial charge < -0.3 is 0 Å². The molecule has 3 heterocycles. The van der Waals surface area contributed by atoms with Crippen molar-refractivity contribution in [2.75, 3.05) is 4.90 Å². The Balaban J connectivity index is 2.02. The lowest BCUT2D eigenvalue weighted by atomic mass is 10.4. The van der Waals surface area contributed by atoms with E-state index in [-0.39, 0.29) is 16.0 Å². The molecular formula is C11H6Cl2N6OS2. The van der Waals surface area contributed by atoms with Crippen LogP contribution in [-0.4, -0.2) is 31.2 Å². The third-order valence-corrected chi connectivity index (χ3v) is 5.00. The molecule has 0 saturated carbocycles. The maximum atomic E-state index is 11.4. The first-order chi connectivity index (χ1) is 10.6. The van der Waals surface area contributed by atoms with Crippen molar-refractivity contribution in [3.63, 3.8) is 0 Å². The smallest absolute Gasteiger partial charge is 0.221 e. The standard InChI is InChI=1S/C11H6Cl2N6OS2/c1-5-8(22-18-15-5)10-16-17-11(21-10)19(4-20)9-6(12)2-3-7(13)14-9/h2-4H,1H3. The fourth-order valence-electron chi connectivity index (χ4n) is 1.60. The largest absolute Gasteiger partial charge is 0.278 e. The summed E-state index contributed by atoms with van der Waals surface area (Å²) in [7, 11) is 0. The summed E-state index contributed by atoms with van der Waals surface area (Å²) >= 11 is 14.3. The third kappa shape index (κ3) is 2.80. The summed E-state index contributed by atoms with van der Waals surface area (Å²) in [6.45, 7) is 1.83. The number of hydrogen-bond acceptors (Lipinski definition) is 8. The Labute approximate surface area is 142 Å². The number of aromatic nitrogens is 5. The molecule has 0 saturated heterocycles. The molecule has 3 aromatic rings. The van der Waals surface area contributed by atoms with Gasteiger partial charge in [0.05, 0.1) is 10.7 Å². The number of carbonyl (C=O) groups is 1. The summed E-state index contributed by atoms with van der Waals surface area (Å²) in [5.41, 5.74) is 0.754. The highest BCUT2D eigenvalue weighted by Gasteiger charge is 2.20. The van der Waals surface area contributed by atoms with E-state index >= 15 is 0 Å². The van der Waals surface area contributed by atoms with Crippen molar-refractivity contribution in [2.45, 2.75) is 6.92 Å². The molecular weight excluding hydrogens is 367 g/mol. The van der Waals surface area contributed by atoms with E-state index in [1.54, 1.807) is 6.07 Å². The summed E-state index contributed by atoms with van der Waals surface area (Å²) in [5.74, 6) is 0.200. The fourth-order valence-corrected chi connectivity index (χ4v) is 3.51. The van der Waals surface area contributed by atoms with Crippen LogP contribution in [0.5, 0.6) is 0 Å². The average molecular weight is 373 g/mol. The minimum atomic E-state index is 0.200. The van der Waals surface area contributed by atoms with Gasteiger partial charge in [-0.2, -0.15) is 0 Å². The van der Waals surface area contributed by atoms with Crippen molar-refractivity contribution in [2.24, 2.45) is 0 Å². The molecule has 11 heteroatoms. The molecule has 0 fully saturated rings. The molecule has 0 aliphatic rings. The molecule has 0 aromatic carbocycles. The SMILES string of the molecule is Cc1nnsc1-c1nnc(N(C=O)c2nc(Cl)ccc2Cl)s1. The van der Waals surface area contributed by atoms with Crippen molar-refractivity contribution >= 4 is 63.4 Å². The van der Waals surface area contributed by atoms with Crippen LogP contribution in [0.2, 0.25) is 10.2 Å². The lowest BCUT2D eigenvalue weighted by Gasteiger charge is -2.13. The van der Waals surface area contributed by atoms with Crippen molar-refractivity contribution in [1.82, 2.24) is 24.8 Å². The summed E-state index contributed by atoms with van der Waals surface area (Å²) in [5, 5.41) is 13.4. The van der Waals surface area contributed by atoms with Gasteiger partial charge in [-0.05, 0) is 30.6 Å². The Morgan fingerprint density at radius 1 is 1.23 bits per heavy atom. The fraction of sp³-hybridized carbons (Fsp3) is 0.0909. The number of rotatable bonds is 4. The van der Waals surface area contributed by atoms with Gasteiger partial charge in [0.15, 0.2) is 10.8 Å². The van der Waals surface area contributed by atoms with Gasteiger partial charge in [-0.15, -0.1) is 15.3 Å². The Bertz CT molecular complexity index is 836. The second-order valence-electron chi connectivity index (χ2n) is 3.99. The molecule has 0 aliphatic carbocycles. The van der Waals surface area contributed by atoms with Gasteiger partial charge in [0, 0.05) is 0 Å². The Morgan fingerprint density at radius 3 is 2.73 bits per heavy atom. The van der Waals surface area contributed by atoms with Gasteiger partial charge in [-0.1, -0.05) is 39.0 Å². The summed E-state index contributed by atoms with van der Waals surface area (Å²) < 4.78 is 3.85. The zero-order valence-electron chi connectivity index (χ0n) is 10.9. The van der Waals surface area contributed by atoms with Crippen LogP contribution < -0.4 is 4.90 Å². The van der Waals surface area contributed by atoms with Gasteiger partial charge in [0.25, 0.3) is 0 Å². The summed E-state index contributed by atoms with van der Waals surface area (Å²) in [6.07, 6.45) is 0.562. The van der Waals surface area contributed by atoms with Crippen LogP contribution in [0.1, 0.15) is 5.69 Å². The molecule has 0 unspecified atom stereocenters. The number of halogens is 2. The third-order valence-electron chi connectivity index (χ3n) is 2.59. The van der Waals surface area contributed by atoms with Crippen molar-refractivity contribution in [1.29, 1.82) is 0 Å². The number of hydrogen-bond donors (Lipinski definition) is 0. The molecule has 112 valence electrons. The Kier molecular flexibility index (Phi) is 4.30. The second-order valence-corrected chi connectivity index (χ2v) is 6.50. The van der Waals surface area contributed by atoms with E-state index in [9.17, 15) is 4.79 Å². The number of nitrogens with zero attached hydrogens (tertiary/aromatic N) is 6. The maximum Gasteiger partial charge on any atom is 0.221 e. The lowest BCUT2D eigenvalue weighted by molar-refractivity contribution is -0.106. The zero-order valence-corrected chi connectivity index (χ0v) is 14.0. The molecule has 0 atom stereocenters. The first-order valence-electron chi connectivity index (χ1n) is 5.79. The first-order valence-corrected chi connectivity index (χ1v) is 8.14. The highest BCUT2D eigenvalue weighted by Crippen LogP contribution is 2.36. The Morgan fingerprint density at radius 2 is 2.05 bits per heavy atom. The van der Waals surface area contributed by atoms with E-state index in [0.29, 0.717) is 16.5 Å². The van der Waals surface area contributed by atoms with Crippen molar-refractivity contribution < 1.29 is 4.79 Å². The molecule has 0 radical (unpaired) electrons. The van der Waals surface area contributed by atoms with E-state index in [4.69, 9.17) is 23.2 Å². The summed E-state index contributed by atoms with van der Waals surface area (Å²) in [6, 6.07) is 3.09. The van der Waals surface area contributed by atoms with Crippen LogP contribution in [0.25, 0.3) is 9.88 Å².